The summed E-state index contributed by atoms with van der Waals surface area (Å²) in [5.41, 5.74) is 0. The summed E-state index contributed by atoms with van der Waals surface area (Å²) in [6.07, 6.45) is 4.09. The van der Waals surface area contributed by atoms with Crippen LogP contribution in [-0.4, -0.2) is 42.2 Å². The maximum absolute atomic E-state index is 5.22. The smallest absolute Gasteiger partial charge is 0.160 e. The lowest BCUT2D eigenvalue weighted by molar-refractivity contribution is 0.0357. The molecule has 0 saturated carbocycles. The Morgan fingerprint density at radius 2 is 1.53 bits per heavy atom. The van der Waals surface area contributed by atoms with Crippen LogP contribution in [0.2, 0.25) is 0 Å². The molecular formula is C12H26O2S3. The Labute approximate surface area is 120 Å². The Morgan fingerprint density at radius 1 is 0.824 bits per heavy atom. The predicted octanol–water partition coefficient (Wildman–Crippen LogP) is 4.30. The van der Waals surface area contributed by atoms with Gasteiger partial charge >= 0.3 is 0 Å². The summed E-state index contributed by atoms with van der Waals surface area (Å²) in [7, 11) is 0. The molecule has 5 heteroatoms. The van der Waals surface area contributed by atoms with Gasteiger partial charge in [0.15, 0.2) is 6.79 Å². The van der Waals surface area contributed by atoms with Gasteiger partial charge in [-0.05, 0) is 31.1 Å². The maximum atomic E-state index is 5.22. The molecule has 0 N–H and O–H groups in total. The first-order chi connectivity index (χ1) is 8.41. The third-order valence-electron chi connectivity index (χ3n) is 1.99. The molecule has 2 nitrogen and oxygen atoms in total. The molecule has 0 aromatic heterocycles. The van der Waals surface area contributed by atoms with Crippen molar-refractivity contribution in [1.82, 2.24) is 0 Å². The lowest BCUT2D eigenvalue weighted by Gasteiger charge is -2.03. The SMILES string of the molecule is CCCCCSCCSCCSOCOCC. The largest absolute Gasteiger partial charge is 0.355 e. The summed E-state index contributed by atoms with van der Waals surface area (Å²) in [5, 5.41) is 0. The van der Waals surface area contributed by atoms with Crippen LogP contribution in [0.15, 0.2) is 0 Å². The van der Waals surface area contributed by atoms with E-state index in [-0.39, 0.29) is 0 Å². The highest BCUT2D eigenvalue weighted by atomic mass is 32.2. The molecule has 0 bridgehead atoms. The molecule has 0 aromatic rings. The summed E-state index contributed by atoms with van der Waals surface area (Å²) in [5.74, 6) is 6.12. The summed E-state index contributed by atoms with van der Waals surface area (Å²) in [6, 6.07) is 0. The molecule has 0 atom stereocenters. The van der Waals surface area contributed by atoms with Crippen molar-refractivity contribution in [1.29, 1.82) is 0 Å². The van der Waals surface area contributed by atoms with E-state index in [1.54, 1.807) is 0 Å². The zero-order valence-electron chi connectivity index (χ0n) is 11.1. The van der Waals surface area contributed by atoms with Crippen molar-refractivity contribution < 1.29 is 8.92 Å². The van der Waals surface area contributed by atoms with Gasteiger partial charge in [-0.1, -0.05) is 19.8 Å². The molecule has 17 heavy (non-hydrogen) atoms. The van der Waals surface area contributed by atoms with Crippen molar-refractivity contribution in [2.45, 2.75) is 33.1 Å². The Kier molecular flexibility index (Phi) is 17.9. The quantitative estimate of drug-likeness (QED) is 0.269. The molecule has 0 aliphatic carbocycles. The fourth-order valence-corrected chi connectivity index (χ4v) is 3.84. The van der Waals surface area contributed by atoms with Gasteiger partial charge in [0.05, 0.1) is 0 Å². The first-order valence-electron chi connectivity index (χ1n) is 6.39. The number of hydrogen-bond donors (Lipinski definition) is 0. The lowest BCUT2D eigenvalue weighted by Crippen LogP contribution is -1.96. The van der Waals surface area contributed by atoms with Gasteiger partial charge in [-0.3, -0.25) is 4.18 Å². The molecular weight excluding hydrogens is 272 g/mol. The Hall–Kier alpha value is 0.970. The van der Waals surface area contributed by atoms with Crippen LogP contribution in [-0.2, 0) is 8.92 Å². The van der Waals surface area contributed by atoms with E-state index in [1.165, 1.54) is 54.3 Å². The topological polar surface area (TPSA) is 18.5 Å². The van der Waals surface area contributed by atoms with Gasteiger partial charge in [-0.2, -0.15) is 23.5 Å². The van der Waals surface area contributed by atoms with E-state index >= 15 is 0 Å². The van der Waals surface area contributed by atoms with Crippen molar-refractivity contribution in [3.63, 3.8) is 0 Å². The van der Waals surface area contributed by atoms with Crippen LogP contribution in [0.3, 0.4) is 0 Å². The van der Waals surface area contributed by atoms with E-state index in [4.69, 9.17) is 8.92 Å². The Balaban J connectivity index is 2.85. The van der Waals surface area contributed by atoms with E-state index in [0.29, 0.717) is 6.79 Å². The molecule has 0 rings (SSSR count). The zero-order valence-corrected chi connectivity index (χ0v) is 13.6. The number of thioether (sulfide) groups is 2. The Bertz CT molecular complexity index is 123. The van der Waals surface area contributed by atoms with Crippen molar-refractivity contribution in [2.75, 3.05) is 42.2 Å². The molecule has 0 aliphatic heterocycles. The van der Waals surface area contributed by atoms with Gasteiger partial charge in [0.1, 0.15) is 0 Å². The Morgan fingerprint density at radius 3 is 2.24 bits per heavy atom. The molecule has 0 amide bonds. The monoisotopic (exact) mass is 298 g/mol. The van der Waals surface area contributed by atoms with Crippen LogP contribution >= 0.6 is 35.6 Å². The maximum Gasteiger partial charge on any atom is 0.160 e. The fourth-order valence-electron chi connectivity index (χ4n) is 1.08. The second-order valence-corrected chi connectivity index (χ2v) is 6.81. The van der Waals surface area contributed by atoms with Crippen LogP contribution < -0.4 is 0 Å². The number of unbranched alkanes of at least 4 members (excludes halogenated alkanes) is 2. The second kappa shape index (κ2) is 17.0. The predicted molar refractivity (Wildman–Crippen MR) is 84.2 cm³/mol. The summed E-state index contributed by atoms with van der Waals surface area (Å²) in [6.45, 7) is 5.37. The van der Waals surface area contributed by atoms with Gasteiger partial charge in [0.2, 0.25) is 0 Å². The molecule has 0 aliphatic rings. The summed E-state index contributed by atoms with van der Waals surface area (Å²) in [4.78, 5) is 0. The summed E-state index contributed by atoms with van der Waals surface area (Å²) < 4.78 is 10.3. The van der Waals surface area contributed by atoms with E-state index in [1.807, 2.05) is 18.7 Å². The molecule has 104 valence electrons. The van der Waals surface area contributed by atoms with Gasteiger partial charge in [-0.15, -0.1) is 0 Å². The number of ether oxygens (including phenoxy) is 1. The van der Waals surface area contributed by atoms with Gasteiger partial charge in [-0.25, -0.2) is 0 Å². The van der Waals surface area contributed by atoms with E-state index in [9.17, 15) is 0 Å². The molecule has 0 heterocycles. The van der Waals surface area contributed by atoms with Gasteiger partial charge < -0.3 is 4.74 Å². The zero-order chi connectivity index (χ0) is 12.6. The average Bonchev–Trinajstić information content (AvgIpc) is 2.35. The van der Waals surface area contributed by atoms with Crippen LogP contribution in [0.4, 0.5) is 0 Å². The third-order valence-corrected chi connectivity index (χ3v) is 5.20. The molecule has 0 saturated heterocycles. The minimum atomic E-state index is 0.416. The van der Waals surface area contributed by atoms with Crippen molar-refractivity contribution in [3.8, 4) is 0 Å². The highest BCUT2D eigenvalue weighted by Crippen LogP contribution is 2.12. The first-order valence-corrected chi connectivity index (χ1v) is 9.61. The average molecular weight is 299 g/mol. The van der Waals surface area contributed by atoms with E-state index in [2.05, 4.69) is 18.7 Å². The first kappa shape index (κ1) is 18.0. The molecule has 0 unspecified atom stereocenters. The van der Waals surface area contributed by atoms with Gasteiger partial charge in [0, 0.05) is 29.6 Å². The molecule has 0 spiro atoms. The number of hydrogen-bond acceptors (Lipinski definition) is 5. The van der Waals surface area contributed by atoms with Crippen molar-refractivity contribution in [2.24, 2.45) is 0 Å². The van der Waals surface area contributed by atoms with Crippen molar-refractivity contribution >= 4 is 35.6 Å². The van der Waals surface area contributed by atoms with Crippen LogP contribution in [0.1, 0.15) is 33.1 Å². The standard InChI is InChI=1S/C12H26O2S3/c1-3-5-6-7-15-8-9-16-10-11-17-14-12-13-4-2/h3-12H2,1-2H3. The minimum Gasteiger partial charge on any atom is -0.355 e. The number of rotatable bonds is 14. The highest BCUT2D eigenvalue weighted by Gasteiger charge is 1.93. The lowest BCUT2D eigenvalue weighted by atomic mass is 10.3. The molecule has 0 aromatic carbocycles. The second-order valence-electron chi connectivity index (χ2n) is 3.48. The third kappa shape index (κ3) is 17.0. The fraction of sp³-hybridized carbons (Fsp3) is 1.00. The highest BCUT2D eigenvalue weighted by molar-refractivity contribution is 8.03. The van der Waals surface area contributed by atoms with E-state index in [0.717, 1.165) is 12.4 Å². The molecule has 0 fully saturated rings. The normalized spacial score (nSPS) is 10.9. The van der Waals surface area contributed by atoms with Crippen LogP contribution in [0, 0.1) is 0 Å². The summed E-state index contributed by atoms with van der Waals surface area (Å²) >= 11 is 5.62. The van der Waals surface area contributed by atoms with Gasteiger partial charge in [0.25, 0.3) is 0 Å². The minimum absolute atomic E-state index is 0.416. The van der Waals surface area contributed by atoms with E-state index < -0.39 is 0 Å². The molecule has 0 radical (unpaired) electrons. The van der Waals surface area contributed by atoms with Crippen LogP contribution in [0.25, 0.3) is 0 Å². The van der Waals surface area contributed by atoms with Crippen molar-refractivity contribution in [3.05, 3.63) is 0 Å². The van der Waals surface area contributed by atoms with Crippen LogP contribution in [0.5, 0.6) is 0 Å².